The summed E-state index contributed by atoms with van der Waals surface area (Å²) < 4.78 is 0. The van der Waals surface area contributed by atoms with Crippen molar-refractivity contribution in [3.05, 3.63) is 92.2 Å². The van der Waals surface area contributed by atoms with Crippen molar-refractivity contribution < 1.29 is 19.2 Å². The molecule has 8 heteroatoms. The molecule has 1 fully saturated rings. The maximum absolute atomic E-state index is 12.8. The van der Waals surface area contributed by atoms with Gasteiger partial charge in [-0.25, -0.2) is 9.97 Å². The standard InChI is InChI=1S/C32H20N2O4S2/c35-24-18-10-4-2-8-16(18)20(26(24)37)14-22-33-30-28(39-22)29-31(32(30)12-6-1-7-13-32)34-23(40-29)15-21-17-9-3-5-11-19(17)25(36)27(21)38/h2-5,8-11,14-15H,1,6-7,12-13H2/b20-14-,21-15-. The average Bonchev–Trinajstić information content (AvgIpc) is 3.75. The van der Waals surface area contributed by atoms with E-state index < -0.39 is 23.1 Å². The number of ketones is 4. The minimum atomic E-state index is -0.493. The van der Waals surface area contributed by atoms with Crippen LogP contribution in [0.25, 0.3) is 33.1 Å². The molecule has 4 aliphatic rings. The molecule has 4 aromatic rings. The van der Waals surface area contributed by atoms with Gasteiger partial charge < -0.3 is 0 Å². The first kappa shape index (κ1) is 23.7. The van der Waals surface area contributed by atoms with E-state index in [0.717, 1.165) is 53.2 Å². The summed E-state index contributed by atoms with van der Waals surface area (Å²) in [6.07, 6.45) is 8.70. The lowest BCUT2D eigenvalue weighted by Crippen LogP contribution is -2.29. The molecular formula is C32H20N2O4S2. The van der Waals surface area contributed by atoms with Crippen molar-refractivity contribution >= 4 is 69.1 Å². The van der Waals surface area contributed by atoms with E-state index in [1.54, 1.807) is 36.4 Å². The summed E-state index contributed by atoms with van der Waals surface area (Å²) in [5.41, 5.74) is 4.70. The zero-order valence-corrected chi connectivity index (χ0v) is 22.8. The number of carbonyl (C=O) groups excluding carboxylic acids is 4. The van der Waals surface area contributed by atoms with Crippen molar-refractivity contribution in [2.24, 2.45) is 0 Å². The van der Waals surface area contributed by atoms with Crippen LogP contribution in [0.15, 0.2) is 48.5 Å². The number of carbonyl (C=O) groups is 4. The zero-order chi connectivity index (χ0) is 27.2. The van der Waals surface area contributed by atoms with Gasteiger partial charge in [-0.1, -0.05) is 67.8 Å². The number of fused-ring (bicyclic) bond motifs is 7. The summed E-state index contributed by atoms with van der Waals surface area (Å²) >= 11 is 3.04. The van der Waals surface area contributed by atoms with Crippen molar-refractivity contribution in [1.82, 2.24) is 9.97 Å². The van der Waals surface area contributed by atoms with Crippen molar-refractivity contribution in [3.8, 4) is 9.75 Å². The number of Topliss-reactive ketones (excluding diaryl/α,β-unsaturated/α-hetero) is 4. The van der Waals surface area contributed by atoms with Crippen LogP contribution in [0.3, 0.4) is 0 Å². The summed E-state index contributed by atoms with van der Waals surface area (Å²) in [5, 5.41) is 1.40. The van der Waals surface area contributed by atoms with Gasteiger partial charge in [-0.15, -0.1) is 22.7 Å². The van der Waals surface area contributed by atoms with Crippen molar-refractivity contribution in [2.45, 2.75) is 37.5 Å². The van der Waals surface area contributed by atoms with Crippen LogP contribution in [-0.2, 0) is 15.0 Å². The monoisotopic (exact) mass is 560 g/mol. The maximum Gasteiger partial charge on any atom is 0.234 e. The van der Waals surface area contributed by atoms with Crippen LogP contribution < -0.4 is 0 Å². The zero-order valence-electron chi connectivity index (χ0n) is 21.2. The molecule has 0 radical (unpaired) electrons. The summed E-state index contributed by atoms with van der Waals surface area (Å²) in [6, 6.07) is 14.2. The molecule has 1 spiro atoms. The first-order chi connectivity index (χ1) is 19.5. The summed E-state index contributed by atoms with van der Waals surface area (Å²) in [4.78, 5) is 63.0. The third kappa shape index (κ3) is 3.14. The van der Waals surface area contributed by atoms with E-state index in [1.807, 2.05) is 24.3 Å². The maximum atomic E-state index is 12.8. The molecule has 0 amide bonds. The number of hydrogen-bond acceptors (Lipinski definition) is 8. The molecule has 0 unspecified atom stereocenters. The lowest BCUT2D eigenvalue weighted by atomic mass is 9.72. The molecule has 2 aromatic heterocycles. The molecule has 1 saturated carbocycles. The predicted molar refractivity (Wildman–Crippen MR) is 154 cm³/mol. The van der Waals surface area contributed by atoms with Gasteiger partial charge in [0.15, 0.2) is 0 Å². The lowest BCUT2D eigenvalue weighted by molar-refractivity contribution is -0.110. The third-order valence-electron chi connectivity index (χ3n) is 8.47. The van der Waals surface area contributed by atoms with Gasteiger partial charge in [-0.3, -0.25) is 19.2 Å². The largest absolute Gasteiger partial charge is 0.285 e. The molecule has 0 saturated heterocycles. The Hall–Kier alpha value is -4.14. The smallest absolute Gasteiger partial charge is 0.234 e. The summed E-state index contributed by atoms with van der Waals surface area (Å²) in [7, 11) is 0. The van der Waals surface area contributed by atoms with Crippen LogP contribution in [0, 0.1) is 0 Å². The fraction of sp³-hybridized carbons (Fsp3) is 0.188. The lowest BCUT2D eigenvalue weighted by Gasteiger charge is -2.32. The van der Waals surface area contributed by atoms with Gasteiger partial charge in [0, 0.05) is 22.3 Å². The summed E-state index contributed by atoms with van der Waals surface area (Å²) in [6.45, 7) is 0. The number of thiazole rings is 2. The molecule has 194 valence electrons. The van der Waals surface area contributed by atoms with Crippen molar-refractivity contribution in [1.29, 1.82) is 0 Å². The Morgan fingerprint density at radius 1 is 0.575 bits per heavy atom. The van der Waals surface area contributed by atoms with Crippen LogP contribution in [-0.4, -0.2) is 33.1 Å². The van der Waals surface area contributed by atoms with E-state index in [4.69, 9.17) is 9.97 Å². The molecule has 0 aliphatic heterocycles. The van der Waals surface area contributed by atoms with Crippen molar-refractivity contribution in [3.63, 3.8) is 0 Å². The van der Waals surface area contributed by atoms with Crippen LogP contribution >= 0.6 is 22.7 Å². The van der Waals surface area contributed by atoms with E-state index in [1.165, 1.54) is 22.7 Å². The highest BCUT2D eigenvalue weighted by molar-refractivity contribution is 7.23. The second-order valence-electron chi connectivity index (χ2n) is 10.6. The molecule has 6 nitrogen and oxygen atoms in total. The molecule has 0 N–H and O–H groups in total. The number of nitrogens with zero attached hydrogens (tertiary/aromatic N) is 2. The number of allylic oxidation sites excluding steroid dienone is 2. The predicted octanol–water partition coefficient (Wildman–Crippen LogP) is 6.44. The minimum Gasteiger partial charge on any atom is -0.285 e. The number of aromatic nitrogens is 2. The van der Waals surface area contributed by atoms with E-state index in [-0.39, 0.29) is 5.41 Å². The second-order valence-corrected chi connectivity index (χ2v) is 12.7. The Morgan fingerprint density at radius 2 is 1.00 bits per heavy atom. The van der Waals surface area contributed by atoms with Crippen molar-refractivity contribution in [2.75, 3.05) is 0 Å². The topological polar surface area (TPSA) is 94.1 Å². The fourth-order valence-electron chi connectivity index (χ4n) is 6.59. The summed E-state index contributed by atoms with van der Waals surface area (Å²) in [5.74, 6) is -1.93. The Balaban J connectivity index is 1.26. The Labute approximate surface area is 237 Å². The highest BCUT2D eigenvalue weighted by Crippen LogP contribution is 2.59. The van der Waals surface area contributed by atoms with Crippen LogP contribution in [0.1, 0.15) is 85.4 Å². The SMILES string of the molecule is O=C1C(=O)c2ccccc2/C1=C/c1nc2c(s1)-c1sc(/C=C3\C(=O)C(=O)c4ccccc43)nc1C21CCCCC1. The second kappa shape index (κ2) is 8.43. The molecule has 40 heavy (non-hydrogen) atoms. The fourth-order valence-corrected chi connectivity index (χ4v) is 8.94. The highest BCUT2D eigenvalue weighted by atomic mass is 32.1. The first-order valence-electron chi connectivity index (χ1n) is 13.3. The Bertz CT molecular complexity index is 1780. The molecule has 0 bridgehead atoms. The third-order valence-corrected chi connectivity index (χ3v) is 10.6. The Morgan fingerprint density at radius 3 is 1.45 bits per heavy atom. The number of rotatable bonds is 2. The molecule has 2 heterocycles. The molecule has 4 aliphatic carbocycles. The van der Waals surface area contributed by atoms with E-state index in [2.05, 4.69) is 0 Å². The van der Waals surface area contributed by atoms with E-state index in [9.17, 15) is 19.2 Å². The average molecular weight is 561 g/mol. The first-order valence-corrected chi connectivity index (χ1v) is 14.9. The van der Waals surface area contributed by atoms with Crippen LogP contribution in [0.4, 0.5) is 0 Å². The molecule has 8 rings (SSSR count). The highest BCUT2D eigenvalue weighted by Gasteiger charge is 2.49. The van der Waals surface area contributed by atoms with Gasteiger partial charge in [-0.05, 0) is 36.1 Å². The van der Waals surface area contributed by atoms with Crippen LogP contribution in [0.2, 0.25) is 0 Å². The van der Waals surface area contributed by atoms with Gasteiger partial charge >= 0.3 is 0 Å². The minimum absolute atomic E-state index is 0.301. The van der Waals surface area contributed by atoms with Crippen LogP contribution in [0.5, 0.6) is 0 Å². The van der Waals surface area contributed by atoms with Gasteiger partial charge in [-0.2, -0.15) is 0 Å². The molecular weight excluding hydrogens is 540 g/mol. The molecule has 0 atom stereocenters. The number of benzene rings is 2. The van der Waals surface area contributed by atoms with Gasteiger partial charge in [0.2, 0.25) is 23.1 Å². The van der Waals surface area contributed by atoms with E-state index >= 15 is 0 Å². The Kier molecular flexibility index (Phi) is 5.00. The quantitative estimate of drug-likeness (QED) is 0.207. The number of hydrogen-bond donors (Lipinski definition) is 0. The van der Waals surface area contributed by atoms with E-state index in [0.29, 0.717) is 43.4 Å². The van der Waals surface area contributed by atoms with Gasteiger partial charge in [0.1, 0.15) is 10.0 Å². The van der Waals surface area contributed by atoms with Gasteiger partial charge in [0.25, 0.3) is 0 Å². The normalized spacial score (nSPS) is 20.5. The molecule has 2 aromatic carbocycles. The van der Waals surface area contributed by atoms with Gasteiger partial charge in [0.05, 0.1) is 26.6 Å².